The molecule has 1 amide bonds. The summed E-state index contributed by atoms with van der Waals surface area (Å²) in [6.07, 6.45) is 0. The van der Waals surface area contributed by atoms with Gasteiger partial charge in [0.15, 0.2) is 5.78 Å². The number of hydrogen-bond acceptors (Lipinski definition) is 6. The predicted molar refractivity (Wildman–Crippen MR) is 104 cm³/mol. The number of nitrogens with two attached hydrogens (primary N) is 1. The van der Waals surface area contributed by atoms with Crippen molar-refractivity contribution in [2.45, 2.75) is 4.21 Å². The minimum absolute atomic E-state index is 0.00998. The zero-order valence-electron chi connectivity index (χ0n) is 12.8. The van der Waals surface area contributed by atoms with E-state index in [1.807, 2.05) is 0 Å². The molecule has 134 valence electrons. The Balaban J connectivity index is 1.93. The lowest BCUT2D eigenvalue weighted by molar-refractivity contribution is 0.0995. The number of pyridine rings is 1. The molecule has 0 aliphatic rings. The number of thioether (sulfide) groups is 1. The number of nitrogens with one attached hydrogen (secondary N) is 1. The van der Waals surface area contributed by atoms with E-state index in [1.165, 1.54) is 12.1 Å². The fourth-order valence-electron chi connectivity index (χ4n) is 2.27. The summed E-state index contributed by atoms with van der Waals surface area (Å²) < 4.78 is 0.751. The van der Waals surface area contributed by atoms with E-state index in [4.69, 9.17) is 28.9 Å². The Morgan fingerprint density at radius 3 is 2.62 bits per heavy atom. The second kappa shape index (κ2) is 7.32. The summed E-state index contributed by atoms with van der Waals surface area (Å²) in [5, 5.41) is 10.5. The Morgan fingerprint density at radius 1 is 1.23 bits per heavy atom. The molecule has 6 nitrogen and oxygen atoms in total. The standard InChI is InChI=1S/C16H10Cl2N2O4S2/c17-7-2-1-6(3-8(7)18)10(22)5-25-16-12(15(19)24)13-14(26-16)9(21)4-11(23)20-13/h1-4H,5H2,(H2,19,24)(H2,20,21,23). The second-order valence-corrected chi connectivity index (χ2v) is 8.27. The summed E-state index contributed by atoms with van der Waals surface area (Å²) >= 11 is 13.9. The Labute approximate surface area is 164 Å². The van der Waals surface area contributed by atoms with Crippen LogP contribution in [0, 0.1) is 0 Å². The molecule has 3 rings (SSSR count). The van der Waals surface area contributed by atoms with E-state index in [2.05, 4.69) is 4.98 Å². The maximum absolute atomic E-state index is 12.4. The molecule has 10 heteroatoms. The second-order valence-electron chi connectivity index (χ2n) is 5.19. The number of fused-ring (bicyclic) bond motifs is 1. The van der Waals surface area contributed by atoms with Crippen molar-refractivity contribution in [3.8, 4) is 5.75 Å². The molecule has 0 radical (unpaired) electrons. The summed E-state index contributed by atoms with van der Waals surface area (Å²) in [7, 11) is 0. The van der Waals surface area contributed by atoms with Gasteiger partial charge in [0.05, 0.1) is 35.8 Å². The van der Waals surface area contributed by atoms with E-state index in [9.17, 15) is 19.5 Å². The van der Waals surface area contributed by atoms with Crippen LogP contribution in [0.4, 0.5) is 0 Å². The zero-order chi connectivity index (χ0) is 19.0. The largest absolute Gasteiger partial charge is 0.506 e. The number of halogens is 2. The lowest BCUT2D eigenvalue weighted by Crippen LogP contribution is -2.13. The molecule has 0 fully saturated rings. The van der Waals surface area contributed by atoms with Gasteiger partial charge in [0.1, 0.15) is 5.75 Å². The van der Waals surface area contributed by atoms with Crippen LogP contribution in [-0.4, -0.2) is 27.5 Å². The summed E-state index contributed by atoms with van der Waals surface area (Å²) in [6.45, 7) is 0. The lowest BCUT2D eigenvalue weighted by atomic mass is 10.1. The summed E-state index contributed by atoms with van der Waals surface area (Å²) in [6, 6.07) is 5.56. The van der Waals surface area contributed by atoms with Gasteiger partial charge >= 0.3 is 0 Å². The first-order valence-electron chi connectivity index (χ1n) is 7.07. The van der Waals surface area contributed by atoms with Gasteiger partial charge in [0.2, 0.25) is 0 Å². The van der Waals surface area contributed by atoms with Gasteiger partial charge in [-0.25, -0.2) is 0 Å². The Kier molecular flexibility index (Phi) is 5.29. The maximum atomic E-state index is 12.4. The van der Waals surface area contributed by atoms with Crippen LogP contribution in [0.5, 0.6) is 5.75 Å². The molecular formula is C16H10Cl2N2O4S2. The highest BCUT2D eigenvalue weighted by Gasteiger charge is 2.21. The van der Waals surface area contributed by atoms with Gasteiger partial charge in [0, 0.05) is 11.6 Å². The minimum atomic E-state index is -0.762. The minimum Gasteiger partial charge on any atom is -0.506 e. The van der Waals surface area contributed by atoms with Crippen molar-refractivity contribution < 1.29 is 14.7 Å². The van der Waals surface area contributed by atoms with Crippen molar-refractivity contribution in [2.75, 3.05) is 5.75 Å². The van der Waals surface area contributed by atoms with Gasteiger partial charge in [-0.2, -0.15) is 0 Å². The van der Waals surface area contributed by atoms with E-state index in [-0.39, 0.29) is 33.4 Å². The molecule has 0 unspecified atom stereocenters. The first kappa shape index (κ1) is 18.8. The Hall–Kier alpha value is -2.00. The molecule has 0 atom stereocenters. The van der Waals surface area contributed by atoms with Crippen molar-refractivity contribution in [1.82, 2.24) is 4.98 Å². The van der Waals surface area contributed by atoms with Crippen molar-refractivity contribution in [3.05, 3.63) is 55.8 Å². The molecule has 0 aliphatic heterocycles. The van der Waals surface area contributed by atoms with Crippen molar-refractivity contribution in [3.63, 3.8) is 0 Å². The molecule has 0 saturated carbocycles. The number of thiophene rings is 1. The molecule has 0 aliphatic carbocycles. The quantitative estimate of drug-likeness (QED) is 0.423. The zero-order valence-corrected chi connectivity index (χ0v) is 16.0. The van der Waals surface area contributed by atoms with Crippen LogP contribution in [0.2, 0.25) is 10.0 Å². The number of hydrogen-bond donors (Lipinski definition) is 3. The molecule has 3 aromatic rings. The number of amides is 1. The molecule has 0 bridgehead atoms. The van der Waals surface area contributed by atoms with Gasteiger partial charge in [-0.05, 0) is 18.2 Å². The van der Waals surface area contributed by atoms with Gasteiger partial charge in [-0.1, -0.05) is 23.2 Å². The molecule has 2 aromatic heterocycles. The van der Waals surface area contributed by atoms with E-state index in [1.54, 1.807) is 6.07 Å². The summed E-state index contributed by atoms with van der Waals surface area (Å²) in [5.41, 5.74) is 5.47. The van der Waals surface area contributed by atoms with Crippen molar-refractivity contribution >= 4 is 68.2 Å². The van der Waals surface area contributed by atoms with Crippen LogP contribution in [-0.2, 0) is 0 Å². The van der Waals surface area contributed by atoms with Gasteiger partial charge < -0.3 is 15.8 Å². The monoisotopic (exact) mass is 428 g/mol. The highest BCUT2D eigenvalue weighted by atomic mass is 35.5. The van der Waals surface area contributed by atoms with Crippen molar-refractivity contribution in [2.24, 2.45) is 5.73 Å². The van der Waals surface area contributed by atoms with E-state index < -0.39 is 11.5 Å². The number of carbonyl (C=O) groups is 2. The summed E-state index contributed by atoms with van der Waals surface area (Å²) in [5.74, 6) is -1.23. The molecule has 26 heavy (non-hydrogen) atoms. The van der Waals surface area contributed by atoms with Gasteiger partial charge in [0.25, 0.3) is 11.5 Å². The SMILES string of the molecule is NC(=O)c1c(SCC(=O)c2ccc(Cl)c(Cl)c2)sc2c(O)cc(=O)[nH]c12. The number of benzene rings is 1. The molecular weight excluding hydrogens is 419 g/mol. The van der Waals surface area contributed by atoms with E-state index in [0.29, 0.717) is 19.5 Å². The number of aromatic nitrogens is 1. The number of aromatic amines is 1. The number of aromatic hydroxyl groups is 1. The molecule has 4 N–H and O–H groups in total. The fourth-order valence-corrected chi connectivity index (χ4v) is 4.91. The fraction of sp³-hybridized carbons (Fsp3) is 0.0625. The average Bonchev–Trinajstić information content (AvgIpc) is 2.94. The lowest BCUT2D eigenvalue weighted by Gasteiger charge is -2.03. The highest BCUT2D eigenvalue weighted by molar-refractivity contribution is 8.02. The first-order valence-corrected chi connectivity index (χ1v) is 9.63. The van der Waals surface area contributed by atoms with Crippen LogP contribution in [0.25, 0.3) is 10.2 Å². The predicted octanol–water partition coefficient (Wildman–Crippen LogP) is 3.68. The Morgan fingerprint density at radius 2 is 1.96 bits per heavy atom. The van der Waals surface area contributed by atoms with Crippen LogP contribution in [0.15, 0.2) is 33.3 Å². The Bertz CT molecular complexity index is 1110. The smallest absolute Gasteiger partial charge is 0.252 e. The van der Waals surface area contributed by atoms with Gasteiger partial charge in [-0.3, -0.25) is 14.4 Å². The van der Waals surface area contributed by atoms with Crippen LogP contribution in [0.1, 0.15) is 20.7 Å². The number of rotatable bonds is 5. The molecule has 0 spiro atoms. The van der Waals surface area contributed by atoms with Crippen LogP contribution < -0.4 is 11.3 Å². The number of ketones is 1. The van der Waals surface area contributed by atoms with Gasteiger partial charge in [-0.15, -0.1) is 23.1 Å². The van der Waals surface area contributed by atoms with Crippen LogP contribution >= 0.6 is 46.3 Å². The highest BCUT2D eigenvalue weighted by Crippen LogP contribution is 2.40. The van der Waals surface area contributed by atoms with Crippen molar-refractivity contribution in [1.29, 1.82) is 0 Å². The molecule has 0 saturated heterocycles. The van der Waals surface area contributed by atoms with Crippen LogP contribution in [0.3, 0.4) is 0 Å². The number of primary amides is 1. The van der Waals surface area contributed by atoms with E-state index in [0.717, 1.165) is 29.2 Å². The normalized spacial score (nSPS) is 11.0. The summed E-state index contributed by atoms with van der Waals surface area (Å²) in [4.78, 5) is 38.2. The third-order valence-electron chi connectivity index (χ3n) is 3.45. The third-order valence-corrected chi connectivity index (χ3v) is 6.67. The number of H-pyrrole nitrogens is 1. The first-order chi connectivity index (χ1) is 12.3. The number of Topliss-reactive ketones (excluding diaryl/α,β-unsaturated/α-hetero) is 1. The molecule has 1 aromatic carbocycles. The number of carbonyl (C=O) groups excluding carboxylic acids is 2. The molecule has 2 heterocycles. The average molecular weight is 429 g/mol. The van der Waals surface area contributed by atoms with E-state index >= 15 is 0 Å². The topological polar surface area (TPSA) is 113 Å². The maximum Gasteiger partial charge on any atom is 0.252 e. The third kappa shape index (κ3) is 3.59.